The van der Waals surface area contributed by atoms with E-state index < -0.39 is 10.0 Å². The SMILES string of the molecule is Cc1ccc(CCl)cc1S(=O)(=O)N(C)C1CCC(C)CC1. The van der Waals surface area contributed by atoms with Crippen molar-refractivity contribution in [2.45, 2.75) is 56.3 Å². The summed E-state index contributed by atoms with van der Waals surface area (Å²) < 4.78 is 27.3. The van der Waals surface area contributed by atoms with Crippen LogP contribution >= 0.6 is 11.6 Å². The Kier molecular flexibility index (Phi) is 5.33. The third-order valence-electron chi connectivity index (χ3n) is 4.56. The van der Waals surface area contributed by atoms with E-state index in [1.54, 1.807) is 17.4 Å². The zero-order chi connectivity index (χ0) is 15.6. The van der Waals surface area contributed by atoms with Crippen molar-refractivity contribution in [1.82, 2.24) is 4.31 Å². The zero-order valence-corrected chi connectivity index (χ0v) is 14.5. The lowest BCUT2D eigenvalue weighted by atomic mass is 9.87. The van der Waals surface area contributed by atoms with Gasteiger partial charge >= 0.3 is 0 Å². The van der Waals surface area contributed by atoms with Crippen LogP contribution in [0.3, 0.4) is 0 Å². The fourth-order valence-corrected chi connectivity index (χ4v) is 4.82. The fraction of sp³-hybridized carbons (Fsp3) is 0.625. The van der Waals surface area contributed by atoms with Crippen LogP contribution in [0.5, 0.6) is 0 Å². The van der Waals surface area contributed by atoms with E-state index in [2.05, 4.69) is 6.92 Å². The predicted molar refractivity (Wildman–Crippen MR) is 87.1 cm³/mol. The molecule has 0 atom stereocenters. The number of aryl methyl sites for hydroxylation is 1. The first-order chi connectivity index (χ1) is 9.86. The number of benzene rings is 1. The molecule has 1 aliphatic rings. The quantitative estimate of drug-likeness (QED) is 0.785. The highest BCUT2D eigenvalue weighted by atomic mass is 35.5. The van der Waals surface area contributed by atoms with Crippen molar-refractivity contribution in [3.8, 4) is 0 Å². The number of alkyl halides is 1. The first kappa shape index (κ1) is 16.8. The van der Waals surface area contributed by atoms with Gasteiger partial charge in [0.2, 0.25) is 10.0 Å². The number of hydrogen-bond acceptors (Lipinski definition) is 2. The second kappa shape index (κ2) is 6.67. The van der Waals surface area contributed by atoms with Crippen molar-refractivity contribution in [3.63, 3.8) is 0 Å². The molecule has 0 heterocycles. The summed E-state index contributed by atoms with van der Waals surface area (Å²) in [6.45, 7) is 4.07. The van der Waals surface area contributed by atoms with Crippen LogP contribution in [0, 0.1) is 12.8 Å². The third-order valence-corrected chi connectivity index (χ3v) is 6.92. The van der Waals surface area contributed by atoms with Gasteiger partial charge in [-0.05, 0) is 55.7 Å². The average molecular weight is 330 g/mol. The number of halogens is 1. The Labute approximate surface area is 133 Å². The molecule has 1 aliphatic carbocycles. The molecule has 1 aromatic rings. The molecule has 0 aromatic heterocycles. The number of rotatable bonds is 4. The molecule has 0 unspecified atom stereocenters. The number of nitrogens with zero attached hydrogens (tertiary/aromatic N) is 1. The Hall–Kier alpha value is -0.580. The van der Waals surface area contributed by atoms with E-state index in [1.165, 1.54) is 0 Å². The maximum atomic E-state index is 12.9. The largest absolute Gasteiger partial charge is 0.243 e. The van der Waals surface area contributed by atoms with E-state index in [-0.39, 0.29) is 6.04 Å². The van der Waals surface area contributed by atoms with Gasteiger partial charge in [0.1, 0.15) is 0 Å². The Morgan fingerprint density at radius 1 is 1.24 bits per heavy atom. The molecule has 2 rings (SSSR count). The van der Waals surface area contributed by atoms with Crippen LogP contribution in [0.4, 0.5) is 0 Å². The van der Waals surface area contributed by atoms with Gasteiger partial charge in [0.25, 0.3) is 0 Å². The highest BCUT2D eigenvalue weighted by Crippen LogP contribution is 2.30. The van der Waals surface area contributed by atoms with Crippen molar-refractivity contribution in [1.29, 1.82) is 0 Å². The first-order valence-electron chi connectivity index (χ1n) is 7.49. The van der Waals surface area contributed by atoms with Crippen molar-refractivity contribution >= 4 is 21.6 Å². The summed E-state index contributed by atoms with van der Waals surface area (Å²) in [5.41, 5.74) is 1.62. The molecule has 118 valence electrons. The highest BCUT2D eigenvalue weighted by molar-refractivity contribution is 7.89. The zero-order valence-electron chi connectivity index (χ0n) is 13.0. The van der Waals surface area contributed by atoms with Gasteiger partial charge in [-0.1, -0.05) is 19.1 Å². The summed E-state index contributed by atoms with van der Waals surface area (Å²) in [7, 11) is -1.73. The van der Waals surface area contributed by atoms with Gasteiger partial charge in [0, 0.05) is 19.0 Å². The summed E-state index contributed by atoms with van der Waals surface area (Å²) in [4.78, 5) is 0.391. The van der Waals surface area contributed by atoms with Gasteiger partial charge in [-0.3, -0.25) is 0 Å². The molecule has 3 nitrogen and oxygen atoms in total. The van der Waals surface area contributed by atoms with E-state index in [0.717, 1.165) is 36.8 Å². The van der Waals surface area contributed by atoms with Crippen LogP contribution in [-0.4, -0.2) is 25.8 Å². The maximum absolute atomic E-state index is 12.9. The van der Waals surface area contributed by atoms with E-state index >= 15 is 0 Å². The first-order valence-corrected chi connectivity index (χ1v) is 9.47. The molecular formula is C16H24ClNO2S. The lowest BCUT2D eigenvalue weighted by Gasteiger charge is -2.33. The Morgan fingerprint density at radius 3 is 2.43 bits per heavy atom. The molecule has 21 heavy (non-hydrogen) atoms. The molecule has 1 aromatic carbocycles. The van der Waals surface area contributed by atoms with Crippen LogP contribution in [0.25, 0.3) is 0 Å². The van der Waals surface area contributed by atoms with Crippen molar-refractivity contribution in [2.24, 2.45) is 5.92 Å². The molecule has 0 bridgehead atoms. The highest BCUT2D eigenvalue weighted by Gasteiger charge is 2.31. The van der Waals surface area contributed by atoms with E-state index in [1.807, 2.05) is 19.1 Å². The summed E-state index contributed by atoms with van der Waals surface area (Å²) >= 11 is 5.84. The van der Waals surface area contributed by atoms with E-state index in [4.69, 9.17) is 11.6 Å². The van der Waals surface area contributed by atoms with E-state index in [0.29, 0.717) is 16.7 Å². The van der Waals surface area contributed by atoms with Gasteiger partial charge < -0.3 is 0 Å². The van der Waals surface area contributed by atoms with Gasteiger partial charge in [-0.25, -0.2) is 8.42 Å². The molecule has 1 saturated carbocycles. The normalized spacial score (nSPS) is 23.5. The summed E-state index contributed by atoms with van der Waals surface area (Å²) in [6, 6.07) is 5.54. The third kappa shape index (κ3) is 3.61. The van der Waals surface area contributed by atoms with Gasteiger partial charge in [0.05, 0.1) is 4.90 Å². The average Bonchev–Trinajstić information content (AvgIpc) is 2.47. The maximum Gasteiger partial charge on any atom is 0.243 e. The summed E-state index contributed by atoms with van der Waals surface area (Å²) in [5, 5.41) is 0. The minimum atomic E-state index is -3.44. The lowest BCUT2D eigenvalue weighted by molar-refractivity contribution is 0.246. The van der Waals surface area contributed by atoms with Crippen molar-refractivity contribution in [2.75, 3.05) is 7.05 Å². The predicted octanol–water partition coefficient (Wildman–Crippen LogP) is 3.93. The molecule has 0 aliphatic heterocycles. The molecular weight excluding hydrogens is 306 g/mol. The van der Waals surface area contributed by atoms with Crippen LogP contribution in [0.2, 0.25) is 0 Å². The smallest absolute Gasteiger partial charge is 0.207 e. The van der Waals surface area contributed by atoms with E-state index in [9.17, 15) is 8.42 Å². The second-order valence-corrected chi connectivity index (χ2v) is 8.40. The Balaban J connectivity index is 2.29. The van der Waals surface area contributed by atoms with Crippen LogP contribution in [0.15, 0.2) is 23.1 Å². The number of sulfonamides is 1. The minimum Gasteiger partial charge on any atom is -0.207 e. The minimum absolute atomic E-state index is 0.116. The molecule has 5 heteroatoms. The monoisotopic (exact) mass is 329 g/mol. The molecule has 0 saturated heterocycles. The molecule has 0 amide bonds. The summed E-state index contributed by atoms with van der Waals surface area (Å²) in [5.74, 6) is 1.03. The Bertz CT molecular complexity index is 592. The lowest BCUT2D eigenvalue weighted by Crippen LogP contribution is -2.39. The summed E-state index contributed by atoms with van der Waals surface area (Å²) in [6.07, 6.45) is 4.10. The molecule has 1 fully saturated rings. The van der Waals surface area contributed by atoms with Gasteiger partial charge in [-0.15, -0.1) is 11.6 Å². The molecule has 0 spiro atoms. The standard InChI is InChI=1S/C16H24ClNO2S/c1-12-4-8-15(9-5-12)18(3)21(19,20)16-10-14(11-17)7-6-13(16)2/h6-7,10,12,15H,4-5,8-9,11H2,1-3H3. The van der Waals surface area contributed by atoms with Crippen LogP contribution in [0.1, 0.15) is 43.7 Å². The van der Waals surface area contributed by atoms with Gasteiger partial charge in [0.15, 0.2) is 0 Å². The molecule has 0 radical (unpaired) electrons. The number of hydrogen-bond donors (Lipinski definition) is 0. The van der Waals surface area contributed by atoms with Crippen LogP contribution < -0.4 is 0 Å². The van der Waals surface area contributed by atoms with Crippen molar-refractivity contribution < 1.29 is 8.42 Å². The van der Waals surface area contributed by atoms with Gasteiger partial charge in [-0.2, -0.15) is 4.31 Å². The van der Waals surface area contributed by atoms with Crippen molar-refractivity contribution in [3.05, 3.63) is 29.3 Å². The molecule has 0 N–H and O–H groups in total. The Morgan fingerprint density at radius 2 is 1.86 bits per heavy atom. The topological polar surface area (TPSA) is 37.4 Å². The fourth-order valence-electron chi connectivity index (χ4n) is 2.96. The van der Waals surface area contributed by atoms with Crippen LogP contribution in [-0.2, 0) is 15.9 Å². The second-order valence-electron chi connectivity index (χ2n) is 6.17.